The van der Waals surface area contributed by atoms with Crippen molar-refractivity contribution in [2.24, 2.45) is 0 Å². The molecule has 0 saturated heterocycles. The van der Waals surface area contributed by atoms with Crippen molar-refractivity contribution in [3.8, 4) is 11.5 Å². The van der Waals surface area contributed by atoms with Gasteiger partial charge in [-0.15, -0.1) is 0 Å². The van der Waals surface area contributed by atoms with Crippen molar-refractivity contribution in [1.82, 2.24) is 0 Å². The summed E-state index contributed by atoms with van der Waals surface area (Å²) in [7, 11) is 0. The van der Waals surface area contributed by atoms with Crippen LogP contribution >= 0.6 is 11.6 Å². The zero-order chi connectivity index (χ0) is 14.1. The lowest BCUT2D eigenvalue weighted by atomic mass is 10.2. The van der Waals surface area contributed by atoms with Crippen LogP contribution in [0.15, 0.2) is 49.6 Å². The average Bonchev–Trinajstić information content (AvgIpc) is 2.41. The molecule has 1 rings (SSSR count). The molecule has 0 atom stereocenters. The van der Waals surface area contributed by atoms with Crippen LogP contribution in [0.5, 0.6) is 11.5 Å². The Balaban J connectivity index is 2.95. The predicted molar refractivity (Wildman–Crippen MR) is 77.7 cm³/mol. The first-order valence-electron chi connectivity index (χ1n) is 5.66. The molecule has 1 aromatic rings. The summed E-state index contributed by atoms with van der Waals surface area (Å²) in [4.78, 5) is 10.7. The summed E-state index contributed by atoms with van der Waals surface area (Å²) >= 11 is 5.24. The van der Waals surface area contributed by atoms with Crippen LogP contribution in [0.1, 0.15) is 5.56 Å². The Labute approximate surface area is 117 Å². The molecule has 0 unspecified atom stereocenters. The highest BCUT2D eigenvalue weighted by Gasteiger charge is 2.05. The topological polar surface area (TPSA) is 35.5 Å². The molecule has 0 amide bonds. The number of rotatable bonds is 8. The Kier molecular flexibility index (Phi) is 6.47. The van der Waals surface area contributed by atoms with Crippen molar-refractivity contribution >= 4 is 22.9 Å². The monoisotopic (exact) mass is 278 g/mol. The van der Waals surface area contributed by atoms with Gasteiger partial charge in [-0.2, -0.15) is 0 Å². The van der Waals surface area contributed by atoms with Crippen LogP contribution in [-0.2, 0) is 4.79 Å². The highest BCUT2D eigenvalue weighted by molar-refractivity contribution is 6.66. The Morgan fingerprint density at radius 3 is 2.37 bits per heavy atom. The molecule has 4 heteroatoms. The zero-order valence-electron chi connectivity index (χ0n) is 10.5. The molecule has 19 heavy (non-hydrogen) atoms. The molecule has 0 aromatic heterocycles. The number of ether oxygens (including phenoxy) is 2. The predicted octanol–water partition coefficient (Wildman–Crippen LogP) is 3.59. The van der Waals surface area contributed by atoms with E-state index in [4.69, 9.17) is 21.1 Å². The summed E-state index contributed by atoms with van der Waals surface area (Å²) in [6.07, 6.45) is 6.17. The molecule has 0 aliphatic heterocycles. The smallest absolute Gasteiger partial charge is 0.245 e. The van der Waals surface area contributed by atoms with Crippen molar-refractivity contribution in [3.05, 3.63) is 55.1 Å². The van der Waals surface area contributed by atoms with E-state index in [0.717, 1.165) is 5.56 Å². The van der Waals surface area contributed by atoms with Gasteiger partial charge in [0.15, 0.2) is 11.5 Å². The van der Waals surface area contributed by atoms with Crippen molar-refractivity contribution in [1.29, 1.82) is 0 Å². The van der Waals surface area contributed by atoms with E-state index in [9.17, 15) is 4.79 Å². The van der Waals surface area contributed by atoms with Crippen LogP contribution < -0.4 is 9.47 Å². The Bertz CT molecular complexity index is 492. The summed E-state index contributed by atoms with van der Waals surface area (Å²) in [5.74, 6) is 1.18. The van der Waals surface area contributed by atoms with Gasteiger partial charge in [-0.3, -0.25) is 4.79 Å². The molecular weight excluding hydrogens is 264 g/mol. The molecule has 0 saturated carbocycles. The van der Waals surface area contributed by atoms with Gasteiger partial charge in [0.1, 0.15) is 13.2 Å². The number of hydrogen-bond acceptors (Lipinski definition) is 3. The van der Waals surface area contributed by atoms with Crippen LogP contribution in [-0.4, -0.2) is 18.5 Å². The lowest BCUT2D eigenvalue weighted by Crippen LogP contribution is -1.99. The number of carbonyl (C=O) groups excluding carboxylic acids is 1. The van der Waals surface area contributed by atoms with E-state index in [-0.39, 0.29) is 0 Å². The second-order valence-electron chi connectivity index (χ2n) is 3.54. The fraction of sp³-hybridized carbons (Fsp3) is 0.133. The quantitative estimate of drug-likeness (QED) is 0.414. The van der Waals surface area contributed by atoms with Gasteiger partial charge in [-0.25, -0.2) is 0 Å². The third-order valence-electron chi connectivity index (χ3n) is 2.09. The number of carbonyl (C=O) groups is 1. The average molecular weight is 279 g/mol. The van der Waals surface area contributed by atoms with Crippen molar-refractivity contribution in [3.63, 3.8) is 0 Å². The summed E-state index contributed by atoms with van der Waals surface area (Å²) in [5.41, 5.74) is 0.791. The molecule has 0 bridgehead atoms. The number of hydrogen-bond donors (Lipinski definition) is 0. The molecule has 0 aliphatic carbocycles. The summed E-state index contributed by atoms with van der Waals surface area (Å²) in [6, 6.07) is 5.33. The minimum absolute atomic E-state index is 0.367. The van der Waals surface area contributed by atoms with Gasteiger partial charge in [0.2, 0.25) is 5.24 Å². The van der Waals surface area contributed by atoms with Gasteiger partial charge in [-0.1, -0.05) is 37.5 Å². The van der Waals surface area contributed by atoms with Gasteiger partial charge in [0, 0.05) is 0 Å². The fourth-order valence-corrected chi connectivity index (χ4v) is 1.38. The standard InChI is InChI=1S/C15H15ClO3/c1-3-9-18-13-7-5-12(6-8-15(16)17)11-14(13)19-10-4-2/h3-8,11H,1-2,9-10H2. The van der Waals surface area contributed by atoms with Crippen molar-refractivity contribution in [2.75, 3.05) is 13.2 Å². The largest absolute Gasteiger partial charge is 0.486 e. The summed E-state index contributed by atoms with van der Waals surface area (Å²) in [5, 5.41) is -0.527. The minimum atomic E-state index is -0.527. The third-order valence-corrected chi connectivity index (χ3v) is 2.21. The van der Waals surface area contributed by atoms with Crippen LogP contribution in [0.25, 0.3) is 6.08 Å². The van der Waals surface area contributed by atoms with E-state index < -0.39 is 5.24 Å². The Morgan fingerprint density at radius 1 is 1.16 bits per heavy atom. The molecule has 0 spiro atoms. The van der Waals surface area contributed by atoms with E-state index in [0.29, 0.717) is 24.7 Å². The zero-order valence-corrected chi connectivity index (χ0v) is 11.2. The highest BCUT2D eigenvalue weighted by Crippen LogP contribution is 2.29. The normalized spacial score (nSPS) is 10.2. The van der Waals surface area contributed by atoms with Crippen LogP contribution in [0.3, 0.4) is 0 Å². The Morgan fingerprint density at radius 2 is 1.79 bits per heavy atom. The van der Waals surface area contributed by atoms with Gasteiger partial charge < -0.3 is 9.47 Å². The lowest BCUT2D eigenvalue weighted by molar-refractivity contribution is -0.107. The maximum atomic E-state index is 10.7. The first-order valence-corrected chi connectivity index (χ1v) is 6.04. The van der Waals surface area contributed by atoms with E-state index in [1.165, 1.54) is 6.08 Å². The SMILES string of the molecule is C=CCOc1ccc(C=CC(=O)Cl)cc1OCC=C. The second-order valence-corrected chi connectivity index (χ2v) is 3.92. The van der Waals surface area contributed by atoms with Crippen LogP contribution in [0, 0.1) is 0 Å². The molecular formula is C15H15ClO3. The van der Waals surface area contributed by atoms with Crippen molar-refractivity contribution in [2.45, 2.75) is 0 Å². The van der Waals surface area contributed by atoms with Crippen LogP contribution in [0.2, 0.25) is 0 Å². The van der Waals surface area contributed by atoms with Gasteiger partial charge in [0.05, 0.1) is 0 Å². The molecule has 0 fully saturated rings. The van der Waals surface area contributed by atoms with E-state index in [1.54, 1.807) is 36.4 Å². The summed E-state index contributed by atoms with van der Waals surface area (Å²) in [6.45, 7) is 7.94. The van der Waals surface area contributed by atoms with Gasteiger partial charge >= 0.3 is 0 Å². The van der Waals surface area contributed by atoms with E-state index >= 15 is 0 Å². The van der Waals surface area contributed by atoms with E-state index in [2.05, 4.69) is 13.2 Å². The second kappa shape index (κ2) is 8.16. The molecule has 100 valence electrons. The number of allylic oxidation sites excluding steroid dienone is 1. The summed E-state index contributed by atoms with van der Waals surface area (Å²) < 4.78 is 11.0. The molecule has 0 radical (unpaired) electrons. The molecule has 3 nitrogen and oxygen atoms in total. The molecule has 0 N–H and O–H groups in total. The van der Waals surface area contributed by atoms with Gasteiger partial charge in [-0.05, 0) is 35.4 Å². The first kappa shape index (κ1) is 15.1. The number of halogens is 1. The molecule has 0 heterocycles. The molecule has 0 aliphatic rings. The minimum Gasteiger partial charge on any atom is -0.486 e. The van der Waals surface area contributed by atoms with Crippen molar-refractivity contribution < 1.29 is 14.3 Å². The molecule has 1 aromatic carbocycles. The van der Waals surface area contributed by atoms with E-state index in [1.807, 2.05) is 0 Å². The first-order chi connectivity index (χ1) is 9.17. The third kappa shape index (κ3) is 5.44. The maximum absolute atomic E-state index is 10.7. The van der Waals surface area contributed by atoms with Gasteiger partial charge in [0.25, 0.3) is 0 Å². The fourth-order valence-electron chi connectivity index (χ4n) is 1.32. The Hall–Kier alpha value is -2.00. The number of benzene rings is 1. The highest BCUT2D eigenvalue weighted by atomic mass is 35.5. The van der Waals surface area contributed by atoms with Crippen LogP contribution in [0.4, 0.5) is 0 Å². The maximum Gasteiger partial charge on any atom is 0.245 e. The lowest BCUT2D eigenvalue weighted by Gasteiger charge is -2.11.